The first-order valence-electron chi connectivity index (χ1n) is 6.46. The topological polar surface area (TPSA) is 58.8 Å². The maximum absolute atomic E-state index is 12.0. The average molecular weight is 263 g/mol. The van der Waals surface area contributed by atoms with Crippen LogP contribution in [0.4, 0.5) is 11.4 Å². The standard InChI is InChI=1S/C14H21N3O2/c1-10-9-19-7-6-17(10)13-8-11(4-5-12(13)15)14(18)16(2)3/h4-5,8,10H,6-7,9,15H2,1-3H3. The number of hydrogen-bond donors (Lipinski definition) is 1. The zero-order valence-corrected chi connectivity index (χ0v) is 11.7. The Morgan fingerprint density at radius 1 is 1.47 bits per heavy atom. The zero-order valence-electron chi connectivity index (χ0n) is 11.7. The van der Waals surface area contributed by atoms with Crippen LogP contribution in [-0.4, -0.2) is 50.7 Å². The van der Waals surface area contributed by atoms with Gasteiger partial charge in [0.1, 0.15) is 0 Å². The third-order valence-electron chi connectivity index (χ3n) is 3.36. The zero-order chi connectivity index (χ0) is 14.0. The van der Waals surface area contributed by atoms with Gasteiger partial charge in [0.05, 0.1) is 24.6 Å². The lowest BCUT2D eigenvalue weighted by atomic mass is 10.1. The van der Waals surface area contributed by atoms with Crippen molar-refractivity contribution in [2.24, 2.45) is 0 Å². The molecule has 0 bridgehead atoms. The third kappa shape index (κ3) is 2.81. The molecule has 1 saturated heterocycles. The maximum atomic E-state index is 12.0. The Kier molecular flexibility index (Phi) is 3.95. The molecule has 1 unspecified atom stereocenters. The minimum atomic E-state index is -0.0119. The van der Waals surface area contributed by atoms with Gasteiger partial charge >= 0.3 is 0 Å². The second kappa shape index (κ2) is 5.48. The number of carbonyl (C=O) groups excluding carboxylic acids is 1. The fraction of sp³-hybridized carbons (Fsp3) is 0.500. The van der Waals surface area contributed by atoms with E-state index in [0.717, 1.165) is 12.2 Å². The van der Waals surface area contributed by atoms with Crippen molar-refractivity contribution in [3.8, 4) is 0 Å². The Hall–Kier alpha value is -1.75. The molecule has 1 aliphatic rings. The molecule has 0 saturated carbocycles. The van der Waals surface area contributed by atoms with Crippen LogP contribution in [0.15, 0.2) is 18.2 Å². The largest absolute Gasteiger partial charge is 0.397 e. The highest BCUT2D eigenvalue weighted by Crippen LogP contribution is 2.28. The molecule has 5 nitrogen and oxygen atoms in total. The maximum Gasteiger partial charge on any atom is 0.253 e. The third-order valence-corrected chi connectivity index (χ3v) is 3.36. The molecule has 0 spiro atoms. The molecule has 1 fully saturated rings. The molecule has 0 radical (unpaired) electrons. The van der Waals surface area contributed by atoms with Crippen LogP contribution >= 0.6 is 0 Å². The van der Waals surface area contributed by atoms with Crippen molar-refractivity contribution in [2.75, 3.05) is 44.5 Å². The van der Waals surface area contributed by atoms with Gasteiger partial charge in [-0.1, -0.05) is 0 Å². The fourth-order valence-electron chi connectivity index (χ4n) is 2.27. The van der Waals surface area contributed by atoms with Gasteiger partial charge in [0.25, 0.3) is 5.91 Å². The van der Waals surface area contributed by atoms with Gasteiger partial charge in [0.15, 0.2) is 0 Å². The van der Waals surface area contributed by atoms with Crippen LogP contribution in [-0.2, 0) is 4.74 Å². The Morgan fingerprint density at radius 2 is 2.21 bits per heavy atom. The SMILES string of the molecule is CC1COCCN1c1cc(C(=O)N(C)C)ccc1N. The number of morpholine rings is 1. The molecular formula is C14H21N3O2. The molecule has 1 amide bonds. The lowest BCUT2D eigenvalue weighted by Gasteiger charge is -2.36. The summed E-state index contributed by atoms with van der Waals surface area (Å²) in [6.07, 6.45) is 0. The van der Waals surface area contributed by atoms with Crippen LogP contribution < -0.4 is 10.6 Å². The van der Waals surface area contributed by atoms with Gasteiger partial charge in [0.2, 0.25) is 0 Å². The van der Waals surface area contributed by atoms with Crippen LogP contribution in [0.3, 0.4) is 0 Å². The van der Waals surface area contributed by atoms with Crippen molar-refractivity contribution in [3.05, 3.63) is 23.8 Å². The van der Waals surface area contributed by atoms with Gasteiger partial charge in [-0.05, 0) is 25.1 Å². The van der Waals surface area contributed by atoms with E-state index in [0.29, 0.717) is 24.5 Å². The Labute approximate surface area is 113 Å². The number of carbonyl (C=O) groups is 1. The summed E-state index contributed by atoms with van der Waals surface area (Å²) in [6.45, 7) is 4.27. The van der Waals surface area contributed by atoms with Crippen molar-refractivity contribution in [1.82, 2.24) is 4.90 Å². The summed E-state index contributed by atoms with van der Waals surface area (Å²) in [6, 6.07) is 5.71. The van der Waals surface area contributed by atoms with Gasteiger partial charge in [-0.2, -0.15) is 0 Å². The average Bonchev–Trinajstić information content (AvgIpc) is 2.39. The number of anilines is 2. The van der Waals surface area contributed by atoms with Crippen molar-refractivity contribution in [1.29, 1.82) is 0 Å². The first kappa shape index (κ1) is 13.7. The summed E-state index contributed by atoms with van der Waals surface area (Å²) < 4.78 is 5.43. The second-order valence-corrected chi connectivity index (χ2v) is 5.09. The predicted molar refractivity (Wildman–Crippen MR) is 76.5 cm³/mol. The van der Waals surface area contributed by atoms with E-state index in [-0.39, 0.29) is 11.9 Å². The van der Waals surface area contributed by atoms with E-state index >= 15 is 0 Å². The van der Waals surface area contributed by atoms with E-state index in [1.807, 2.05) is 6.07 Å². The number of nitrogen functional groups attached to an aromatic ring is 1. The molecule has 5 heteroatoms. The monoisotopic (exact) mass is 263 g/mol. The minimum Gasteiger partial charge on any atom is -0.397 e. The van der Waals surface area contributed by atoms with Crippen molar-refractivity contribution in [3.63, 3.8) is 0 Å². The number of hydrogen-bond acceptors (Lipinski definition) is 4. The molecule has 0 aliphatic carbocycles. The van der Waals surface area contributed by atoms with Gasteiger partial charge in [-0.15, -0.1) is 0 Å². The molecule has 2 N–H and O–H groups in total. The molecule has 104 valence electrons. The molecular weight excluding hydrogens is 242 g/mol. The van der Waals surface area contributed by atoms with Crippen LogP contribution in [0.2, 0.25) is 0 Å². The molecule has 19 heavy (non-hydrogen) atoms. The predicted octanol–water partition coefficient (Wildman–Crippen LogP) is 1.20. The second-order valence-electron chi connectivity index (χ2n) is 5.09. The van der Waals surface area contributed by atoms with Gasteiger partial charge in [0, 0.05) is 32.2 Å². The highest BCUT2D eigenvalue weighted by atomic mass is 16.5. The molecule has 0 aromatic heterocycles. The highest BCUT2D eigenvalue weighted by molar-refractivity contribution is 5.96. The summed E-state index contributed by atoms with van der Waals surface area (Å²) >= 11 is 0. The molecule has 1 aromatic carbocycles. The van der Waals surface area contributed by atoms with Crippen LogP contribution in [0.25, 0.3) is 0 Å². The van der Waals surface area contributed by atoms with E-state index in [1.54, 1.807) is 31.1 Å². The Balaban J connectivity index is 2.34. The number of rotatable bonds is 2. The quantitative estimate of drug-likeness (QED) is 0.814. The lowest BCUT2D eigenvalue weighted by Crippen LogP contribution is -2.44. The van der Waals surface area contributed by atoms with Crippen LogP contribution in [0.5, 0.6) is 0 Å². The van der Waals surface area contributed by atoms with Gasteiger partial charge in [-0.25, -0.2) is 0 Å². The van der Waals surface area contributed by atoms with E-state index in [9.17, 15) is 4.79 Å². The van der Waals surface area contributed by atoms with Crippen LogP contribution in [0.1, 0.15) is 17.3 Å². The van der Waals surface area contributed by atoms with E-state index in [4.69, 9.17) is 10.5 Å². The number of amides is 1. The number of nitrogens with zero attached hydrogens (tertiary/aromatic N) is 2. The lowest BCUT2D eigenvalue weighted by molar-refractivity contribution is 0.0827. The van der Waals surface area contributed by atoms with Gasteiger partial charge in [-0.3, -0.25) is 4.79 Å². The van der Waals surface area contributed by atoms with E-state index < -0.39 is 0 Å². The Bertz CT molecular complexity index is 474. The Morgan fingerprint density at radius 3 is 2.84 bits per heavy atom. The van der Waals surface area contributed by atoms with E-state index in [1.165, 1.54) is 0 Å². The fourth-order valence-corrected chi connectivity index (χ4v) is 2.27. The number of benzene rings is 1. The number of nitrogens with two attached hydrogens (primary N) is 1. The first-order chi connectivity index (χ1) is 9.00. The van der Waals surface area contributed by atoms with Crippen molar-refractivity contribution < 1.29 is 9.53 Å². The normalized spacial score (nSPS) is 19.3. The summed E-state index contributed by atoms with van der Waals surface area (Å²) in [5.74, 6) is -0.0119. The summed E-state index contributed by atoms with van der Waals surface area (Å²) in [5, 5.41) is 0. The smallest absolute Gasteiger partial charge is 0.253 e. The van der Waals surface area contributed by atoms with E-state index in [2.05, 4.69) is 11.8 Å². The molecule has 1 aromatic rings. The highest BCUT2D eigenvalue weighted by Gasteiger charge is 2.22. The van der Waals surface area contributed by atoms with Crippen molar-refractivity contribution in [2.45, 2.75) is 13.0 Å². The molecule has 2 rings (SSSR count). The molecule has 1 heterocycles. The minimum absolute atomic E-state index is 0.0119. The molecule has 1 aliphatic heterocycles. The summed E-state index contributed by atoms with van der Waals surface area (Å²) in [5.41, 5.74) is 8.33. The first-order valence-corrected chi connectivity index (χ1v) is 6.46. The van der Waals surface area contributed by atoms with Crippen molar-refractivity contribution >= 4 is 17.3 Å². The van der Waals surface area contributed by atoms with Crippen LogP contribution in [0, 0.1) is 0 Å². The molecule has 1 atom stereocenters. The van der Waals surface area contributed by atoms with Gasteiger partial charge < -0.3 is 20.3 Å². The summed E-state index contributed by atoms with van der Waals surface area (Å²) in [7, 11) is 3.49. The number of ether oxygens (including phenoxy) is 1. The summed E-state index contributed by atoms with van der Waals surface area (Å²) in [4.78, 5) is 15.8.